The molecule has 2 aliphatic rings. The van der Waals surface area contributed by atoms with Crippen molar-refractivity contribution in [1.82, 2.24) is 0 Å². The van der Waals surface area contributed by atoms with Gasteiger partial charge in [0.2, 0.25) is 0 Å². The molecular weight excluding hydrogens is 202 g/mol. The Morgan fingerprint density at radius 3 is 2.06 bits per heavy atom. The van der Waals surface area contributed by atoms with E-state index in [0.717, 1.165) is 25.7 Å². The van der Waals surface area contributed by atoms with E-state index in [9.17, 15) is 5.11 Å². The first-order chi connectivity index (χ1) is 7.37. The Bertz CT molecular complexity index is 249. The highest BCUT2D eigenvalue weighted by Gasteiger charge is 2.54. The molecular formula is C13H25NO2. The van der Waals surface area contributed by atoms with Gasteiger partial charge in [0.1, 0.15) is 5.60 Å². The summed E-state index contributed by atoms with van der Waals surface area (Å²) in [6.45, 7) is 4.46. The summed E-state index contributed by atoms with van der Waals surface area (Å²) in [6, 6.07) is 0. The van der Waals surface area contributed by atoms with Gasteiger partial charge in [-0.3, -0.25) is 0 Å². The van der Waals surface area contributed by atoms with Crippen LogP contribution in [0, 0.1) is 0 Å². The Labute approximate surface area is 98.4 Å². The van der Waals surface area contributed by atoms with Crippen LogP contribution < -0.4 is 5.73 Å². The predicted molar refractivity (Wildman–Crippen MR) is 64.2 cm³/mol. The third kappa shape index (κ3) is 2.13. The molecule has 1 aliphatic carbocycles. The predicted octanol–water partition coefficient (Wildman–Crippen LogP) is 1.97. The lowest BCUT2D eigenvalue weighted by Gasteiger charge is -2.41. The minimum Gasteiger partial charge on any atom is -0.385 e. The summed E-state index contributed by atoms with van der Waals surface area (Å²) in [7, 11) is 0. The zero-order chi connectivity index (χ0) is 11.9. The van der Waals surface area contributed by atoms with Crippen LogP contribution in [0.5, 0.6) is 0 Å². The molecule has 1 unspecified atom stereocenters. The minimum absolute atomic E-state index is 0.229. The molecule has 3 N–H and O–H groups in total. The Kier molecular flexibility index (Phi) is 3.06. The molecule has 1 heterocycles. The van der Waals surface area contributed by atoms with Crippen molar-refractivity contribution >= 4 is 0 Å². The highest BCUT2D eigenvalue weighted by molar-refractivity contribution is 5.09. The van der Waals surface area contributed by atoms with Crippen LogP contribution in [-0.2, 0) is 4.74 Å². The maximum Gasteiger partial charge on any atom is 0.109 e. The highest BCUT2D eigenvalue weighted by Crippen LogP contribution is 2.43. The summed E-state index contributed by atoms with van der Waals surface area (Å²) in [6.07, 6.45) is 7.30. The molecule has 0 aromatic carbocycles. The molecule has 0 aromatic heterocycles. The first kappa shape index (κ1) is 12.3. The average molecular weight is 227 g/mol. The van der Waals surface area contributed by atoms with Gasteiger partial charge in [-0.05, 0) is 26.7 Å². The van der Waals surface area contributed by atoms with Crippen LogP contribution in [-0.4, -0.2) is 28.5 Å². The number of aliphatic hydroxyl groups is 1. The van der Waals surface area contributed by atoms with Gasteiger partial charge in [-0.2, -0.15) is 0 Å². The standard InChI is InChI=1S/C13H25NO2/c1-11(2)9-13(15,10-16-11)12(14)7-5-3-4-6-8-12/h15H,3-10,14H2,1-2H3. The fourth-order valence-electron chi connectivity index (χ4n) is 3.27. The zero-order valence-electron chi connectivity index (χ0n) is 10.6. The normalized spacial score (nSPS) is 38.2. The van der Waals surface area contributed by atoms with E-state index in [2.05, 4.69) is 0 Å². The van der Waals surface area contributed by atoms with E-state index in [1.165, 1.54) is 12.8 Å². The van der Waals surface area contributed by atoms with Gasteiger partial charge >= 0.3 is 0 Å². The summed E-state index contributed by atoms with van der Waals surface area (Å²) >= 11 is 0. The van der Waals surface area contributed by atoms with E-state index in [-0.39, 0.29) is 5.60 Å². The summed E-state index contributed by atoms with van der Waals surface area (Å²) < 4.78 is 5.69. The van der Waals surface area contributed by atoms with E-state index in [1.54, 1.807) is 0 Å². The molecule has 94 valence electrons. The Hall–Kier alpha value is -0.120. The first-order valence-corrected chi connectivity index (χ1v) is 6.52. The smallest absolute Gasteiger partial charge is 0.109 e. The van der Waals surface area contributed by atoms with Crippen molar-refractivity contribution in [3.8, 4) is 0 Å². The molecule has 0 amide bonds. The molecule has 0 bridgehead atoms. The number of ether oxygens (including phenoxy) is 1. The van der Waals surface area contributed by atoms with Crippen LogP contribution >= 0.6 is 0 Å². The molecule has 1 saturated heterocycles. The van der Waals surface area contributed by atoms with E-state index < -0.39 is 11.1 Å². The van der Waals surface area contributed by atoms with Gasteiger partial charge in [0, 0.05) is 12.0 Å². The monoisotopic (exact) mass is 227 g/mol. The minimum atomic E-state index is -0.819. The van der Waals surface area contributed by atoms with Crippen LogP contribution in [0.25, 0.3) is 0 Å². The van der Waals surface area contributed by atoms with Crippen LogP contribution in [0.3, 0.4) is 0 Å². The van der Waals surface area contributed by atoms with E-state index in [0.29, 0.717) is 13.0 Å². The van der Waals surface area contributed by atoms with Crippen LogP contribution in [0.1, 0.15) is 58.8 Å². The van der Waals surface area contributed by atoms with Crippen molar-refractivity contribution in [2.45, 2.75) is 75.5 Å². The second-order valence-electron chi connectivity index (χ2n) is 6.33. The summed E-state index contributed by atoms with van der Waals surface area (Å²) in [5, 5.41) is 10.8. The van der Waals surface area contributed by atoms with Crippen molar-refractivity contribution in [2.24, 2.45) is 5.73 Å². The number of hydrogen-bond acceptors (Lipinski definition) is 3. The fourth-order valence-corrected chi connectivity index (χ4v) is 3.27. The molecule has 1 aliphatic heterocycles. The fraction of sp³-hybridized carbons (Fsp3) is 1.00. The lowest BCUT2D eigenvalue weighted by atomic mass is 9.72. The van der Waals surface area contributed by atoms with Crippen molar-refractivity contribution in [3.63, 3.8) is 0 Å². The molecule has 16 heavy (non-hydrogen) atoms. The maximum absolute atomic E-state index is 10.8. The van der Waals surface area contributed by atoms with Gasteiger partial charge in [-0.25, -0.2) is 0 Å². The highest BCUT2D eigenvalue weighted by atomic mass is 16.5. The molecule has 0 aromatic rings. The van der Waals surface area contributed by atoms with Gasteiger partial charge in [-0.15, -0.1) is 0 Å². The summed E-state index contributed by atoms with van der Waals surface area (Å²) in [5.74, 6) is 0. The average Bonchev–Trinajstić information content (AvgIpc) is 2.40. The third-order valence-electron chi connectivity index (χ3n) is 4.34. The molecule has 1 saturated carbocycles. The van der Waals surface area contributed by atoms with Crippen molar-refractivity contribution in [2.75, 3.05) is 6.61 Å². The Balaban J connectivity index is 2.15. The molecule has 2 rings (SSSR count). The lowest BCUT2D eigenvalue weighted by molar-refractivity contribution is -0.0496. The molecule has 0 spiro atoms. The second kappa shape index (κ2) is 3.97. The first-order valence-electron chi connectivity index (χ1n) is 6.52. The molecule has 0 radical (unpaired) electrons. The van der Waals surface area contributed by atoms with Gasteiger partial charge in [0.15, 0.2) is 0 Å². The van der Waals surface area contributed by atoms with Gasteiger partial charge in [0.25, 0.3) is 0 Å². The molecule has 2 fully saturated rings. The third-order valence-corrected chi connectivity index (χ3v) is 4.34. The maximum atomic E-state index is 10.8. The molecule has 3 heteroatoms. The number of hydrogen-bond donors (Lipinski definition) is 2. The SMILES string of the molecule is CC1(C)CC(O)(C2(N)CCCCCC2)CO1. The Morgan fingerprint density at radius 2 is 1.62 bits per heavy atom. The van der Waals surface area contributed by atoms with Crippen molar-refractivity contribution < 1.29 is 9.84 Å². The topological polar surface area (TPSA) is 55.5 Å². The van der Waals surface area contributed by atoms with Gasteiger partial charge in [0.05, 0.1) is 12.2 Å². The zero-order valence-corrected chi connectivity index (χ0v) is 10.6. The summed E-state index contributed by atoms with van der Waals surface area (Å²) in [4.78, 5) is 0. The quantitative estimate of drug-likeness (QED) is 0.673. The van der Waals surface area contributed by atoms with Crippen LogP contribution in [0.15, 0.2) is 0 Å². The second-order valence-corrected chi connectivity index (χ2v) is 6.33. The van der Waals surface area contributed by atoms with E-state index in [4.69, 9.17) is 10.5 Å². The van der Waals surface area contributed by atoms with Gasteiger partial charge < -0.3 is 15.6 Å². The van der Waals surface area contributed by atoms with E-state index in [1.807, 2.05) is 13.8 Å². The lowest BCUT2D eigenvalue weighted by Crippen LogP contribution is -2.61. The molecule has 3 nitrogen and oxygen atoms in total. The van der Waals surface area contributed by atoms with Crippen molar-refractivity contribution in [1.29, 1.82) is 0 Å². The number of rotatable bonds is 1. The van der Waals surface area contributed by atoms with Crippen LogP contribution in [0.4, 0.5) is 0 Å². The molecule has 1 atom stereocenters. The van der Waals surface area contributed by atoms with Crippen molar-refractivity contribution in [3.05, 3.63) is 0 Å². The van der Waals surface area contributed by atoms with E-state index >= 15 is 0 Å². The Morgan fingerprint density at radius 1 is 1.06 bits per heavy atom. The van der Waals surface area contributed by atoms with Crippen LogP contribution in [0.2, 0.25) is 0 Å². The number of nitrogens with two attached hydrogens (primary N) is 1. The largest absolute Gasteiger partial charge is 0.385 e. The summed E-state index contributed by atoms with van der Waals surface area (Å²) in [5.41, 5.74) is 5.01. The van der Waals surface area contributed by atoms with Gasteiger partial charge in [-0.1, -0.05) is 25.7 Å².